The summed E-state index contributed by atoms with van der Waals surface area (Å²) >= 11 is 1.84. The first-order chi connectivity index (χ1) is 14.2. The number of pyridine rings is 1. The maximum absolute atomic E-state index is 5.71. The van der Waals surface area contributed by atoms with Gasteiger partial charge in [0.05, 0.1) is 5.03 Å². The van der Waals surface area contributed by atoms with Crippen LogP contribution >= 0.6 is 11.8 Å². The van der Waals surface area contributed by atoms with E-state index in [1.807, 2.05) is 11.8 Å². The van der Waals surface area contributed by atoms with Gasteiger partial charge in [-0.1, -0.05) is 31.2 Å². The van der Waals surface area contributed by atoms with Crippen LogP contribution in [0.5, 0.6) is 0 Å². The summed E-state index contributed by atoms with van der Waals surface area (Å²) in [5, 5.41) is 1.14. The molecule has 29 heavy (non-hydrogen) atoms. The van der Waals surface area contributed by atoms with Crippen LogP contribution in [-0.4, -0.2) is 42.1 Å². The maximum atomic E-state index is 5.71. The molecule has 2 saturated heterocycles. The van der Waals surface area contributed by atoms with Crippen molar-refractivity contribution in [2.24, 2.45) is 5.73 Å². The molecule has 2 aliphatic rings. The van der Waals surface area contributed by atoms with Gasteiger partial charge >= 0.3 is 0 Å². The number of piperidine rings is 1. The molecule has 0 radical (unpaired) electrons. The van der Waals surface area contributed by atoms with Crippen LogP contribution in [0, 0.1) is 0 Å². The minimum Gasteiger partial charge on any atom is -0.356 e. The van der Waals surface area contributed by atoms with Crippen molar-refractivity contribution in [2.75, 3.05) is 31.1 Å². The van der Waals surface area contributed by atoms with Crippen LogP contribution in [0.15, 0.2) is 41.4 Å². The van der Waals surface area contributed by atoms with Gasteiger partial charge in [-0.25, -0.2) is 4.98 Å². The van der Waals surface area contributed by atoms with E-state index in [9.17, 15) is 0 Å². The molecule has 4 nitrogen and oxygen atoms in total. The highest BCUT2D eigenvalue weighted by molar-refractivity contribution is 7.98. The highest BCUT2D eigenvalue weighted by atomic mass is 32.2. The Morgan fingerprint density at radius 2 is 1.66 bits per heavy atom. The Morgan fingerprint density at radius 1 is 0.966 bits per heavy atom. The minimum atomic E-state index is 0.603. The third-order valence-corrected chi connectivity index (χ3v) is 7.33. The lowest BCUT2D eigenvalue weighted by Gasteiger charge is -2.37. The number of thioether (sulfide) groups is 1. The molecule has 5 heteroatoms. The molecule has 0 aliphatic carbocycles. The number of aryl methyl sites for hydroxylation is 1. The van der Waals surface area contributed by atoms with Gasteiger partial charge in [0, 0.05) is 31.4 Å². The van der Waals surface area contributed by atoms with E-state index in [4.69, 9.17) is 10.7 Å². The van der Waals surface area contributed by atoms with Crippen LogP contribution in [0.1, 0.15) is 49.3 Å². The average molecular weight is 411 g/mol. The molecule has 2 aromatic rings. The van der Waals surface area contributed by atoms with Gasteiger partial charge < -0.3 is 15.5 Å². The summed E-state index contributed by atoms with van der Waals surface area (Å²) in [6, 6.07) is 14.0. The third kappa shape index (κ3) is 5.33. The van der Waals surface area contributed by atoms with Gasteiger partial charge in [0.1, 0.15) is 5.82 Å². The van der Waals surface area contributed by atoms with E-state index in [2.05, 4.69) is 53.1 Å². The van der Waals surface area contributed by atoms with Crippen LogP contribution in [0.4, 0.5) is 5.82 Å². The fourth-order valence-electron chi connectivity index (χ4n) is 4.48. The Kier molecular flexibility index (Phi) is 7.11. The molecular weight excluding hydrogens is 376 g/mol. The predicted octanol–water partition coefficient (Wildman–Crippen LogP) is 4.46. The van der Waals surface area contributed by atoms with Gasteiger partial charge in [-0.05, 0) is 74.0 Å². The highest BCUT2D eigenvalue weighted by Crippen LogP contribution is 2.28. The fourth-order valence-corrected chi connectivity index (χ4v) is 5.38. The molecule has 0 atom stereocenters. The number of hydrogen-bond acceptors (Lipinski definition) is 5. The van der Waals surface area contributed by atoms with Gasteiger partial charge in [-0.2, -0.15) is 0 Å². The molecule has 2 aliphatic heterocycles. The summed E-state index contributed by atoms with van der Waals surface area (Å²) in [7, 11) is 0. The van der Waals surface area contributed by atoms with Crippen LogP contribution in [0.2, 0.25) is 0 Å². The zero-order valence-electron chi connectivity index (χ0n) is 17.6. The molecule has 1 aromatic carbocycles. The summed E-state index contributed by atoms with van der Waals surface area (Å²) in [5.41, 5.74) is 9.60. The normalized spacial score (nSPS) is 18.5. The van der Waals surface area contributed by atoms with Crippen molar-refractivity contribution in [1.82, 2.24) is 9.88 Å². The fraction of sp³-hybridized carbons (Fsp3) is 0.542. The predicted molar refractivity (Wildman–Crippen MR) is 124 cm³/mol. The Hall–Kier alpha value is -1.56. The number of nitrogens with two attached hydrogens (primary N) is 1. The molecule has 0 unspecified atom stereocenters. The highest BCUT2D eigenvalue weighted by Gasteiger charge is 2.27. The Balaban J connectivity index is 1.39. The number of anilines is 1. The first-order valence-corrected chi connectivity index (χ1v) is 12.1. The second-order valence-corrected chi connectivity index (χ2v) is 9.29. The van der Waals surface area contributed by atoms with E-state index in [1.54, 1.807) is 0 Å². The van der Waals surface area contributed by atoms with E-state index >= 15 is 0 Å². The second kappa shape index (κ2) is 9.96. The Morgan fingerprint density at radius 3 is 2.31 bits per heavy atom. The van der Waals surface area contributed by atoms with Crippen molar-refractivity contribution in [3.05, 3.63) is 53.1 Å². The summed E-state index contributed by atoms with van der Waals surface area (Å²) in [5.74, 6) is 2.12. The molecule has 1 aromatic heterocycles. The number of likely N-dealkylation sites (tertiary alicyclic amines) is 1. The molecule has 4 rings (SSSR count). The van der Waals surface area contributed by atoms with Crippen molar-refractivity contribution < 1.29 is 0 Å². The van der Waals surface area contributed by atoms with Crippen molar-refractivity contribution >= 4 is 17.6 Å². The van der Waals surface area contributed by atoms with Gasteiger partial charge in [-0.3, -0.25) is 0 Å². The molecule has 0 bridgehead atoms. The molecule has 3 heterocycles. The molecule has 156 valence electrons. The lowest BCUT2D eigenvalue weighted by Crippen LogP contribution is -2.44. The molecule has 0 saturated carbocycles. The van der Waals surface area contributed by atoms with Crippen molar-refractivity contribution in [3.8, 4) is 0 Å². The van der Waals surface area contributed by atoms with Gasteiger partial charge in [0.2, 0.25) is 0 Å². The largest absolute Gasteiger partial charge is 0.356 e. The smallest absolute Gasteiger partial charge is 0.130 e. The molecule has 0 amide bonds. The zero-order valence-corrected chi connectivity index (χ0v) is 18.5. The maximum Gasteiger partial charge on any atom is 0.130 e. The number of hydrogen-bond donors (Lipinski definition) is 1. The first kappa shape index (κ1) is 20.7. The molecule has 2 N–H and O–H groups in total. The topological polar surface area (TPSA) is 45.4 Å². The SMILES string of the molecule is CCc1cc(SCc2ccc(CN)cc2)nc(N2CCC(N3CCCC3)CC2)c1. The van der Waals surface area contributed by atoms with Crippen LogP contribution < -0.4 is 10.6 Å². The van der Waals surface area contributed by atoms with E-state index in [1.165, 1.54) is 61.3 Å². The lowest BCUT2D eigenvalue weighted by molar-refractivity contribution is 0.207. The van der Waals surface area contributed by atoms with Gasteiger partial charge in [0.25, 0.3) is 0 Å². The molecular formula is C24H34N4S. The summed E-state index contributed by atoms with van der Waals surface area (Å²) in [6.45, 7) is 7.71. The number of aromatic nitrogens is 1. The number of benzene rings is 1. The zero-order chi connectivity index (χ0) is 20.1. The molecule has 2 fully saturated rings. The lowest BCUT2D eigenvalue weighted by atomic mass is 10.0. The molecule has 0 spiro atoms. The third-order valence-electron chi connectivity index (χ3n) is 6.35. The Bertz CT molecular complexity index is 778. The minimum absolute atomic E-state index is 0.603. The van der Waals surface area contributed by atoms with Crippen LogP contribution in [-0.2, 0) is 18.7 Å². The number of nitrogens with zero attached hydrogens (tertiary/aromatic N) is 3. The van der Waals surface area contributed by atoms with Gasteiger partial charge in [0.15, 0.2) is 0 Å². The van der Waals surface area contributed by atoms with Crippen molar-refractivity contribution in [1.29, 1.82) is 0 Å². The van der Waals surface area contributed by atoms with E-state index in [-0.39, 0.29) is 0 Å². The Labute approximate surface area is 179 Å². The first-order valence-electron chi connectivity index (χ1n) is 11.2. The quantitative estimate of drug-likeness (QED) is 0.683. The van der Waals surface area contributed by atoms with Crippen molar-refractivity contribution in [3.63, 3.8) is 0 Å². The van der Waals surface area contributed by atoms with Crippen LogP contribution in [0.3, 0.4) is 0 Å². The van der Waals surface area contributed by atoms with E-state index in [0.717, 1.165) is 36.3 Å². The average Bonchev–Trinajstić information content (AvgIpc) is 3.33. The standard InChI is InChI=1S/C24H34N4S/c1-2-19-15-23(28-13-9-22(10-14-28)27-11-3-4-12-27)26-24(16-19)29-18-21-7-5-20(17-25)6-8-21/h5-8,15-16,22H,2-4,9-14,17-18,25H2,1H3. The van der Waals surface area contributed by atoms with Crippen molar-refractivity contribution in [2.45, 2.75) is 62.4 Å². The second-order valence-electron chi connectivity index (χ2n) is 8.30. The van der Waals surface area contributed by atoms with E-state index < -0.39 is 0 Å². The summed E-state index contributed by atoms with van der Waals surface area (Å²) in [4.78, 5) is 10.3. The van der Waals surface area contributed by atoms with Crippen LogP contribution in [0.25, 0.3) is 0 Å². The number of rotatable bonds is 7. The monoisotopic (exact) mass is 410 g/mol. The van der Waals surface area contributed by atoms with Gasteiger partial charge in [-0.15, -0.1) is 11.8 Å². The van der Waals surface area contributed by atoms with E-state index in [0.29, 0.717) is 6.54 Å². The summed E-state index contributed by atoms with van der Waals surface area (Å²) in [6.07, 6.45) is 6.37. The summed E-state index contributed by atoms with van der Waals surface area (Å²) < 4.78 is 0.